The van der Waals surface area contributed by atoms with Crippen LogP contribution in [0, 0.1) is 22.7 Å². The second-order valence-electron chi connectivity index (χ2n) is 7.98. The lowest BCUT2D eigenvalue weighted by atomic mass is 9.77. The van der Waals surface area contributed by atoms with Crippen LogP contribution in [0.25, 0.3) is 11.3 Å². The molecule has 0 bridgehead atoms. The van der Waals surface area contributed by atoms with E-state index in [2.05, 4.69) is 54.2 Å². The van der Waals surface area contributed by atoms with Crippen molar-refractivity contribution in [2.45, 2.75) is 32.1 Å². The number of hydrogen-bond acceptors (Lipinski definition) is 5. The number of benzene rings is 1. The van der Waals surface area contributed by atoms with E-state index in [-0.39, 0.29) is 17.2 Å². The zero-order valence-electron chi connectivity index (χ0n) is 16.0. The van der Waals surface area contributed by atoms with Crippen molar-refractivity contribution >= 4 is 5.90 Å². The van der Waals surface area contributed by atoms with Gasteiger partial charge in [0.2, 0.25) is 11.8 Å². The molecule has 1 aliphatic rings. The predicted octanol–water partition coefficient (Wildman–Crippen LogP) is 4.41. The highest BCUT2D eigenvalue weighted by Crippen LogP contribution is 2.45. The van der Waals surface area contributed by atoms with E-state index >= 15 is 0 Å². The van der Waals surface area contributed by atoms with Gasteiger partial charge in [0.15, 0.2) is 0 Å². The zero-order valence-corrected chi connectivity index (χ0v) is 16.0. The van der Waals surface area contributed by atoms with Crippen LogP contribution in [0.15, 0.2) is 48.8 Å². The van der Waals surface area contributed by atoms with Gasteiger partial charge in [0.05, 0.1) is 17.3 Å². The molecule has 0 aliphatic carbocycles. The lowest BCUT2D eigenvalue weighted by Gasteiger charge is -2.28. The van der Waals surface area contributed by atoms with Gasteiger partial charge in [0, 0.05) is 23.9 Å². The summed E-state index contributed by atoms with van der Waals surface area (Å²) in [6, 6.07) is 14.3. The SMILES string of the molecule is CC(C)(C)c1ccc(C2c3c(n[nH]c3-c3cccnc3)OC(=N)C2C#N)cc1. The van der Waals surface area contributed by atoms with Crippen LogP contribution in [0.2, 0.25) is 0 Å². The molecular weight excluding hydrogens is 350 g/mol. The van der Waals surface area contributed by atoms with Gasteiger partial charge in [0.1, 0.15) is 5.92 Å². The van der Waals surface area contributed by atoms with Gasteiger partial charge >= 0.3 is 0 Å². The minimum atomic E-state index is -0.721. The summed E-state index contributed by atoms with van der Waals surface area (Å²) in [6.07, 6.45) is 3.45. The Labute approximate surface area is 163 Å². The Bertz CT molecular complexity index is 1060. The summed E-state index contributed by atoms with van der Waals surface area (Å²) in [5.74, 6) is -0.797. The van der Waals surface area contributed by atoms with Crippen molar-refractivity contribution < 1.29 is 4.74 Å². The first-order valence-corrected chi connectivity index (χ1v) is 9.15. The average Bonchev–Trinajstić information content (AvgIpc) is 3.10. The van der Waals surface area contributed by atoms with Crippen LogP contribution < -0.4 is 4.74 Å². The summed E-state index contributed by atoms with van der Waals surface area (Å²) in [4.78, 5) is 4.18. The fourth-order valence-corrected chi connectivity index (χ4v) is 3.60. The molecule has 140 valence electrons. The second-order valence-corrected chi connectivity index (χ2v) is 7.98. The van der Waals surface area contributed by atoms with Crippen molar-refractivity contribution in [3.8, 4) is 23.2 Å². The highest BCUT2D eigenvalue weighted by molar-refractivity contribution is 5.86. The molecule has 3 heterocycles. The minimum absolute atomic E-state index is 0.0389. The van der Waals surface area contributed by atoms with Crippen molar-refractivity contribution in [2.75, 3.05) is 0 Å². The first-order chi connectivity index (χ1) is 13.4. The Morgan fingerprint density at radius 3 is 2.54 bits per heavy atom. The monoisotopic (exact) mass is 371 g/mol. The minimum Gasteiger partial charge on any atom is -0.422 e. The molecule has 1 aliphatic heterocycles. The topological polar surface area (TPSA) is 98.4 Å². The fraction of sp³-hybridized carbons (Fsp3) is 0.273. The van der Waals surface area contributed by atoms with E-state index in [4.69, 9.17) is 10.1 Å². The molecule has 2 atom stereocenters. The third-order valence-corrected chi connectivity index (χ3v) is 5.13. The smallest absolute Gasteiger partial charge is 0.244 e. The molecule has 6 heteroatoms. The molecule has 2 N–H and O–H groups in total. The lowest BCUT2D eigenvalue weighted by molar-refractivity contribution is 0.437. The number of rotatable bonds is 2. The summed E-state index contributed by atoms with van der Waals surface area (Å²) < 4.78 is 5.57. The number of pyridine rings is 1. The number of nitrogens with zero attached hydrogens (tertiary/aromatic N) is 3. The van der Waals surface area contributed by atoms with E-state index in [1.165, 1.54) is 5.56 Å². The van der Waals surface area contributed by atoms with Gasteiger partial charge in [-0.25, -0.2) is 0 Å². The Morgan fingerprint density at radius 2 is 1.93 bits per heavy atom. The molecule has 0 radical (unpaired) electrons. The standard InChI is InChI=1S/C22H21N5O/c1-22(2,3)15-8-6-13(7-9-15)17-16(11-23)20(24)28-21-18(17)19(26-27-21)14-5-4-10-25-12-14/h4-10,12,16-17,24H,1-3H3,(H,26,27). The Morgan fingerprint density at radius 1 is 1.18 bits per heavy atom. The number of nitrogens with one attached hydrogen (secondary N) is 2. The van der Waals surface area contributed by atoms with E-state index in [0.717, 1.165) is 22.4 Å². The Kier molecular flexibility index (Phi) is 4.23. The molecule has 0 fully saturated rings. The summed E-state index contributed by atoms with van der Waals surface area (Å²) >= 11 is 0. The highest BCUT2D eigenvalue weighted by atomic mass is 16.5. The number of H-pyrrole nitrogens is 1. The molecule has 4 rings (SSSR count). The van der Waals surface area contributed by atoms with E-state index in [9.17, 15) is 5.26 Å². The number of hydrogen-bond donors (Lipinski definition) is 2. The van der Waals surface area contributed by atoms with Crippen LogP contribution in [0.1, 0.15) is 43.4 Å². The Balaban J connectivity index is 1.88. The average molecular weight is 371 g/mol. The fourth-order valence-electron chi connectivity index (χ4n) is 3.60. The number of aromatic amines is 1. The zero-order chi connectivity index (χ0) is 19.9. The van der Waals surface area contributed by atoms with E-state index in [0.29, 0.717) is 5.88 Å². The van der Waals surface area contributed by atoms with Crippen LogP contribution in [0.3, 0.4) is 0 Å². The van der Waals surface area contributed by atoms with Crippen LogP contribution >= 0.6 is 0 Å². The molecule has 28 heavy (non-hydrogen) atoms. The van der Waals surface area contributed by atoms with Gasteiger partial charge < -0.3 is 4.74 Å². The summed E-state index contributed by atoms with van der Waals surface area (Å²) in [5, 5.41) is 25.3. The van der Waals surface area contributed by atoms with Gasteiger partial charge in [-0.05, 0) is 28.7 Å². The third kappa shape index (κ3) is 2.95. The molecule has 2 unspecified atom stereocenters. The van der Waals surface area contributed by atoms with Gasteiger partial charge in [-0.15, -0.1) is 5.10 Å². The van der Waals surface area contributed by atoms with Crippen molar-refractivity contribution in [3.63, 3.8) is 0 Å². The maximum atomic E-state index is 9.79. The molecule has 1 aromatic carbocycles. The molecular formula is C22H21N5O. The first-order valence-electron chi connectivity index (χ1n) is 9.15. The normalized spacial score (nSPS) is 18.9. The van der Waals surface area contributed by atoms with Gasteiger partial charge in [-0.3, -0.25) is 15.5 Å². The van der Waals surface area contributed by atoms with Crippen molar-refractivity contribution in [1.82, 2.24) is 15.2 Å². The molecule has 6 nitrogen and oxygen atoms in total. The summed E-state index contributed by atoms with van der Waals surface area (Å²) in [5.41, 5.74) is 4.63. The highest BCUT2D eigenvalue weighted by Gasteiger charge is 2.40. The number of nitriles is 1. The van der Waals surface area contributed by atoms with Crippen LogP contribution in [-0.2, 0) is 5.41 Å². The summed E-state index contributed by atoms with van der Waals surface area (Å²) in [6.45, 7) is 6.50. The predicted molar refractivity (Wildman–Crippen MR) is 106 cm³/mol. The first kappa shape index (κ1) is 17.9. The van der Waals surface area contributed by atoms with E-state index in [1.807, 2.05) is 24.3 Å². The van der Waals surface area contributed by atoms with Crippen molar-refractivity contribution in [2.24, 2.45) is 5.92 Å². The number of fused-ring (bicyclic) bond motifs is 1. The maximum Gasteiger partial charge on any atom is 0.244 e. The van der Waals surface area contributed by atoms with Crippen molar-refractivity contribution in [1.29, 1.82) is 10.7 Å². The van der Waals surface area contributed by atoms with E-state index in [1.54, 1.807) is 12.4 Å². The van der Waals surface area contributed by atoms with Crippen LogP contribution in [-0.4, -0.2) is 21.1 Å². The van der Waals surface area contributed by atoms with Gasteiger partial charge in [0.25, 0.3) is 0 Å². The van der Waals surface area contributed by atoms with Gasteiger partial charge in [-0.1, -0.05) is 45.0 Å². The Hall–Kier alpha value is -3.46. The lowest BCUT2D eigenvalue weighted by Crippen LogP contribution is -2.31. The van der Waals surface area contributed by atoms with E-state index < -0.39 is 5.92 Å². The molecule has 0 spiro atoms. The van der Waals surface area contributed by atoms with Gasteiger partial charge in [-0.2, -0.15) is 5.26 Å². The molecule has 0 saturated heterocycles. The number of ether oxygens (including phenoxy) is 1. The maximum absolute atomic E-state index is 9.79. The van der Waals surface area contributed by atoms with Crippen LogP contribution in [0.4, 0.5) is 0 Å². The van der Waals surface area contributed by atoms with Crippen LogP contribution in [0.5, 0.6) is 5.88 Å². The third-order valence-electron chi connectivity index (χ3n) is 5.13. The molecule has 0 amide bonds. The molecule has 3 aromatic rings. The van der Waals surface area contributed by atoms with Crippen molar-refractivity contribution in [3.05, 3.63) is 65.5 Å². The molecule has 0 saturated carbocycles. The number of aromatic nitrogens is 3. The second kappa shape index (κ2) is 6.61. The summed E-state index contributed by atoms with van der Waals surface area (Å²) in [7, 11) is 0. The largest absolute Gasteiger partial charge is 0.422 e. The molecule has 2 aromatic heterocycles. The quantitative estimate of drug-likeness (QED) is 0.697.